The molecule has 5 aromatic rings. The predicted octanol–water partition coefficient (Wildman–Crippen LogP) is 5.82. The van der Waals surface area contributed by atoms with E-state index in [4.69, 9.17) is 9.47 Å². The standard InChI is InChI=1S/C32H31N3O5S/c1-22-30(19-35-21-33-28-12-5-6-13-29(28)35)39-32(40-31(22)24-16-14-23(20-36)15-17-24)25-8-7-9-26(18-25)34-41(37,38)27-10-3-2-4-11-27/h2-18,21-22,30-32,34,36H,19-20H2,1H3/t22-,30+,31+,32+/m0/s1. The maximum absolute atomic E-state index is 13.0. The van der Waals surface area contributed by atoms with E-state index in [1.807, 2.05) is 60.9 Å². The average Bonchev–Trinajstić information content (AvgIpc) is 3.41. The van der Waals surface area contributed by atoms with Crippen molar-refractivity contribution in [2.24, 2.45) is 5.92 Å². The van der Waals surface area contributed by atoms with E-state index in [1.165, 1.54) is 0 Å². The number of sulfonamides is 1. The Morgan fingerprint density at radius 2 is 1.63 bits per heavy atom. The molecule has 1 aliphatic heterocycles. The molecule has 4 aromatic carbocycles. The number of aliphatic hydroxyl groups is 1. The maximum Gasteiger partial charge on any atom is 0.261 e. The second kappa shape index (κ2) is 11.5. The number of hydrogen-bond acceptors (Lipinski definition) is 6. The van der Waals surface area contributed by atoms with E-state index in [0.717, 1.165) is 22.2 Å². The van der Waals surface area contributed by atoms with Crippen LogP contribution in [0.5, 0.6) is 0 Å². The van der Waals surface area contributed by atoms with Gasteiger partial charge in [-0.1, -0.05) is 73.7 Å². The van der Waals surface area contributed by atoms with Crippen LogP contribution < -0.4 is 4.72 Å². The first-order valence-corrected chi connectivity index (χ1v) is 15.0. The fourth-order valence-corrected chi connectivity index (χ4v) is 6.31. The summed E-state index contributed by atoms with van der Waals surface area (Å²) in [6.45, 7) is 2.64. The Morgan fingerprint density at radius 3 is 2.41 bits per heavy atom. The lowest BCUT2D eigenvalue weighted by Gasteiger charge is -2.41. The molecule has 210 valence electrons. The van der Waals surface area contributed by atoms with Crippen LogP contribution in [0.2, 0.25) is 0 Å². The third-order valence-electron chi connectivity index (χ3n) is 7.49. The normalized spacial score (nSPS) is 21.1. The highest BCUT2D eigenvalue weighted by molar-refractivity contribution is 7.92. The predicted molar refractivity (Wildman–Crippen MR) is 156 cm³/mol. The fraction of sp³-hybridized carbons (Fsp3) is 0.219. The minimum absolute atomic E-state index is 0.0212. The van der Waals surface area contributed by atoms with Gasteiger partial charge in [-0.25, -0.2) is 13.4 Å². The number of anilines is 1. The van der Waals surface area contributed by atoms with Crippen LogP contribution in [0.1, 0.15) is 36.0 Å². The van der Waals surface area contributed by atoms with Crippen LogP contribution in [-0.2, 0) is 32.6 Å². The van der Waals surface area contributed by atoms with E-state index >= 15 is 0 Å². The Morgan fingerprint density at radius 1 is 0.878 bits per heavy atom. The zero-order chi connectivity index (χ0) is 28.4. The minimum atomic E-state index is -3.76. The maximum atomic E-state index is 13.0. The van der Waals surface area contributed by atoms with E-state index in [1.54, 1.807) is 48.5 Å². The van der Waals surface area contributed by atoms with Gasteiger partial charge < -0.3 is 19.1 Å². The Bertz CT molecular complexity index is 1740. The molecule has 0 radical (unpaired) electrons. The molecule has 41 heavy (non-hydrogen) atoms. The summed E-state index contributed by atoms with van der Waals surface area (Å²) in [7, 11) is -3.76. The van der Waals surface area contributed by atoms with E-state index in [2.05, 4.69) is 21.2 Å². The summed E-state index contributed by atoms with van der Waals surface area (Å²) in [6.07, 6.45) is 0.550. The Kier molecular flexibility index (Phi) is 7.59. The SMILES string of the molecule is C[C@H]1[C@@H](Cn2cnc3ccccc32)O[C@@H](c2cccc(NS(=O)(=O)c3ccccc3)c2)O[C@H]1c1ccc(CO)cc1. The number of ether oxygens (including phenoxy) is 2. The quantitative estimate of drug-likeness (QED) is 0.244. The molecule has 2 N–H and O–H groups in total. The number of hydrogen-bond donors (Lipinski definition) is 2. The lowest BCUT2D eigenvalue weighted by molar-refractivity contribution is -0.276. The van der Waals surface area contributed by atoms with Crippen molar-refractivity contribution < 1.29 is 23.0 Å². The molecule has 0 unspecified atom stereocenters. The molecule has 0 saturated carbocycles. The van der Waals surface area contributed by atoms with Gasteiger partial charge in [0.1, 0.15) is 0 Å². The van der Waals surface area contributed by atoms with E-state index in [-0.39, 0.29) is 29.6 Å². The largest absolute Gasteiger partial charge is 0.392 e. The number of fused-ring (bicyclic) bond motifs is 1. The van der Waals surface area contributed by atoms with Crippen LogP contribution in [0, 0.1) is 5.92 Å². The van der Waals surface area contributed by atoms with Crippen molar-refractivity contribution in [3.63, 3.8) is 0 Å². The molecule has 1 fully saturated rings. The van der Waals surface area contributed by atoms with Gasteiger partial charge in [-0.15, -0.1) is 0 Å². The molecule has 1 aromatic heterocycles. The van der Waals surface area contributed by atoms with Gasteiger partial charge in [0, 0.05) is 17.2 Å². The number of aromatic nitrogens is 2. The number of nitrogens with zero attached hydrogens (tertiary/aromatic N) is 2. The van der Waals surface area contributed by atoms with Gasteiger partial charge in [-0.2, -0.15) is 0 Å². The summed E-state index contributed by atoms with van der Waals surface area (Å²) < 4.78 is 43.8. The van der Waals surface area contributed by atoms with Gasteiger partial charge >= 0.3 is 0 Å². The average molecular weight is 570 g/mol. The van der Waals surface area contributed by atoms with Gasteiger partial charge in [0.05, 0.1) is 47.6 Å². The van der Waals surface area contributed by atoms with Crippen molar-refractivity contribution in [2.45, 2.75) is 43.5 Å². The number of rotatable bonds is 8. The van der Waals surface area contributed by atoms with Crippen LogP contribution in [0.15, 0.2) is 114 Å². The van der Waals surface area contributed by atoms with Crippen molar-refractivity contribution in [3.8, 4) is 0 Å². The molecule has 1 aliphatic rings. The van der Waals surface area contributed by atoms with Crippen LogP contribution in [0.25, 0.3) is 11.0 Å². The molecule has 0 aliphatic carbocycles. The fourth-order valence-electron chi connectivity index (χ4n) is 5.24. The van der Waals surface area contributed by atoms with Gasteiger partial charge in [-0.3, -0.25) is 4.72 Å². The van der Waals surface area contributed by atoms with Gasteiger partial charge in [0.2, 0.25) is 0 Å². The lowest BCUT2D eigenvalue weighted by atomic mass is 9.90. The number of para-hydroxylation sites is 2. The molecule has 0 spiro atoms. The summed E-state index contributed by atoms with van der Waals surface area (Å²) in [5.74, 6) is -0.0212. The summed E-state index contributed by atoms with van der Waals surface area (Å²) in [6, 6.07) is 31.1. The Balaban J connectivity index is 1.31. The molecule has 0 bridgehead atoms. The molecule has 9 heteroatoms. The zero-order valence-corrected chi connectivity index (χ0v) is 23.3. The number of aliphatic hydroxyl groups excluding tert-OH is 1. The first-order valence-electron chi connectivity index (χ1n) is 13.5. The van der Waals surface area contributed by atoms with Crippen molar-refractivity contribution >= 4 is 26.7 Å². The highest BCUT2D eigenvalue weighted by Gasteiger charge is 2.38. The smallest absolute Gasteiger partial charge is 0.261 e. The topological polar surface area (TPSA) is 103 Å². The number of imidazole rings is 1. The minimum Gasteiger partial charge on any atom is -0.392 e. The van der Waals surface area contributed by atoms with Gasteiger partial charge in [-0.05, 0) is 47.5 Å². The molecule has 2 heterocycles. The lowest BCUT2D eigenvalue weighted by Crippen LogP contribution is -2.39. The molecule has 6 rings (SSSR count). The molecular weight excluding hydrogens is 538 g/mol. The monoisotopic (exact) mass is 569 g/mol. The first-order chi connectivity index (χ1) is 19.9. The third kappa shape index (κ3) is 5.75. The van der Waals surface area contributed by atoms with E-state index in [0.29, 0.717) is 17.8 Å². The highest BCUT2D eigenvalue weighted by atomic mass is 32.2. The van der Waals surface area contributed by atoms with Crippen LogP contribution in [-0.4, -0.2) is 29.2 Å². The molecule has 0 amide bonds. The first kappa shape index (κ1) is 27.2. The Labute approximate surface area is 239 Å². The Hall–Kier alpha value is -4.02. The molecular formula is C32H31N3O5S. The zero-order valence-electron chi connectivity index (χ0n) is 22.5. The third-order valence-corrected chi connectivity index (χ3v) is 8.89. The summed E-state index contributed by atoms with van der Waals surface area (Å²) >= 11 is 0. The van der Waals surface area contributed by atoms with Gasteiger partial charge in [0.15, 0.2) is 6.29 Å². The summed E-state index contributed by atoms with van der Waals surface area (Å²) in [5, 5.41) is 9.52. The van der Waals surface area contributed by atoms with E-state index < -0.39 is 16.3 Å². The second-order valence-corrected chi connectivity index (χ2v) is 11.9. The molecule has 4 atom stereocenters. The second-order valence-electron chi connectivity index (χ2n) is 10.3. The molecule has 1 saturated heterocycles. The number of nitrogens with one attached hydrogen (secondary N) is 1. The summed E-state index contributed by atoms with van der Waals surface area (Å²) in [4.78, 5) is 4.72. The van der Waals surface area contributed by atoms with Crippen molar-refractivity contribution in [1.82, 2.24) is 9.55 Å². The van der Waals surface area contributed by atoms with Crippen molar-refractivity contribution in [1.29, 1.82) is 0 Å². The van der Waals surface area contributed by atoms with Crippen LogP contribution in [0.4, 0.5) is 5.69 Å². The number of benzene rings is 4. The van der Waals surface area contributed by atoms with Gasteiger partial charge in [0.25, 0.3) is 10.0 Å². The van der Waals surface area contributed by atoms with Crippen LogP contribution in [0.3, 0.4) is 0 Å². The van der Waals surface area contributed by atoms with E-state index in [9.17, 15) is 13.5 Å². The molecule has 8 nitrogen and oxygen atoms in total. The van der Waals surface area contributed by atoms with Crippen molar-refractivity contribution in [3.05, 3.63) is 126 Å². The summed E-state index contributed by atoms with van der Waals surface area (Å²) in [5.41, 5.74) is 4.85. The highest BCUT2D eigenvalue weighted by Crippen LogP contribution is 2.42. The van der Waals surface area contributed by atoms with Crippen LogP contribution >= 0.6 is 0 Å². The van der Waals surface area contributed by atoms with Crippen molar-refractivity contribution in [2.75, 3.05) is 4.72 Å².